The first-order valence-corrected chi connectivity index (χ1v) is 7.60. The molecule has 1 nitrogen and oxygen atoms in total. The van der Waals surface area contributed by atoms with Gasteiger partial charge in [-0.05, 0) is 36.6 Å². The van der Waals surface area contributed by atoms with Gasteiger partial charge in [0, 0.05) is 22.5 Å². The second-order valence-electron chi connectivity index (χ2n) is 5.30. The maximum Gasteiger partial charge on any atom is 0.0294 e. The Hall–Kier alpha value is -1.12. The molecule has 3 atom stereocenters. The van der Waals surface area contributed by atoms with Gasteiger partial charge >= 0.3 is 0 Å². The molecule has 0 aliphatic heterocycles. The summed E-state index contributed by atoms with van der Waals surface area (Å²) in [5, 5.41) is 3.72. The Bertz CT molecular complexity index is 535. The smallest absolute Gasteiger partial charge is 0.0294 e. The van der Waals surface area contributed by atoms with E-state index in [0.29, 0.717) is 18.0 Å². The SMILES string of the molecule is CC(NC1CC1c1ccccc1)c1ccc(Br)cc1. The summed E-state index contributed by atoms with van der Waals surface area (Å²) in [5.74, 6) is 0.694. The average Bonchev–Trinajstić information content (AvgIpc) is 3.20. The van der Waals surface area contributed by atoms with Gasteiger partial charge in [0.05, 0.1) is 0 Å². The van der Waals surface area contributed by atoms with E-state index in [4.69, 9.17) is 0 Å². The number of hydrogen-bond acceptors (Lipinski definition) is 1. The van der Waals surface area contributed by atoms with E-state index >= 15 is 0 Å². The minimum absolute atomic E-state index is 0.409. The van der Waals surface area contributed by atoms with Crippen molar-refractivity contribution in [2.45, 2.75) is 31.3 Å². The molecule has 1 N–H and O–H groups in total. The highest BCUT2D eigenvalue weighted by molar-refractivity contribution is 9.10. The van der Waals surface area contributed by atoms with Crippen LogP contribution in [0.1, 0.15) is 36.4 Å². The lowest BCUT2D eigenvalue weighted by atomic mass is 10.1. The standard InChI is InChI=1S/C17H18BrN/c1-12(13-7-9-15(18)10-8-13)19-17-11-16(17)14-5-3-2-4-6-14/h2-10,12,16-17,19H,11H2,1H3. The van der Waals surface area contributed by atoms with Gasteiger partial charge in [0.1, 0.15) is 0 Å². The van der Waals surface area contributed by atoms with Gasteiger partial charge in [0.2, 0.25) is 0 Å². The molecule has 0 aromatic heterocycles. The van der Waals surface area contributed by atoms with Crippen molar-refractivity contribution >= 4 is 15.9 Å². The van der Waals surface area contributed by atoms with E-state index in [0.717, 1.165) is 4.47 Å². The van der Waals surface area contributed by atoms with Crippen molar-refractivity contribution in [3.63, 3.8) is 0 Å². The Morgan fingerprint density at radius 1 is 1.05 bits per heavy atom. The Kier molecular flexibility index (Phi) is 3.72. The lowest BCUT2D eigenvalue weighted by molar-refractivity contribution is 0.563. The minimum atomic E-state index is 0.409. The summed E-state index contributed by atoms with van der Waals surface area (Å²) < 4.78 is 1.14. The normalized spacial score (nSPS) is 23.1. The van der Waals surface area contributed by atoms with Crippen molar-refractivity contribution in [2.75, 3.05) is 0 Å². The van der Waals surface area contributed by atoms with E-state index in [2.05, 4.69) is 82.8 Å². The number of halogens is 1. The van der Waals surface area contributed by atoms with E-state index in [1.54, 1.807) is 0 Å². The zero-order valence-corrected chi connectivity index (χ0v) is 12.6. The molecule has 0 bridgehead atoms. The van der Waals surface area contributed by atoms with Crippen molar-refractivity contribution in [1.29, 1.82) is 0 Å². The second kappa shape index (κ2) is 5.48. The van der Waals surface area contributed by atoms with Crippen molar-refractivity contribution in [3.8, 4) is 0 Å². The fourth-order valence-electron chi connectivity index (χ4n) is 2.62. The first-order chi connectivity index (χ1) is 9.24. The maximum atomic E-state index is 3.72. The number of nitrogens with one attached hydrogen (secondary N) is 1. The number of benzene rings is 2. The maximum absolute atomic E-state index is 3.72. The minimum Gasteiger partial charge on any atom is -0.307 e. The van der Waals surface area contributed by atoms with Crippen LogP contribution in [0.25, 0.3) is 0 Å². The predicted octanol–water partition coefficient (Wildman–Crippen LogP) is 4.66. The molecule has 1 aliphatic rings. The summed E-state index contributed by atoms with van der Waals surface area (Å²) >= 11 is 3.48. The molecule has 0 saturated heterocycles. The summed E-state index contributed by atoms with van der Waals surface area (Å²) in [6.07, 6.45) is 1.25. The van der Waals surface area contributed by atoms with Gasteiger partial charge in [-0.1, -0.05) is 58.4 Å². The van der Waals surface area contributed by atoms with E-state index in [1.807, 2.05) is 0 Å². The van der Waals surface area contributed by atoms with Gasteiger partial charge < -0.3 is 5.32 Å². The van der Waals surface area contributed by atoms with Crippen LogP contribution in [-0.2, 0) is 0 Å². The third-order valence-corrected chi connectivity index (χ3v) is 4.38. The van der Waals surface area contributed by atoms with Gasteiger partial charge in [-0.15, -0.1) is 0 Å². The molecule has 1 saturated carbocycles. The number of rotatable bonds is 4. The molecule has 3 rings (SSSR count). The Labute approximate surface area is 123 Å². The molecule has 1 fully saturated rings. The van der Waals surface area contributed by atoms with Crippen LogP contribution in [0, 0.1) is 0 Å². The number of hydrogen-bond donors (Lipinski definition) is 1. The van der Waals surface area contributed by atoms with Crippen LogP contribution in [-0.4, -0.2) is 6.04 Å². The van der Waals surface area contributed by atoms with Crippen LogP contribution in [0.2, 0.25) is 0 Å². The fourth-order valence-corrected chi connectivity index (χ4v) is 2.88. The molecule has 0 heterocycles. The molecule has 0 spiro atoms. The monoisotopic (exact) mass is 315 g/mol. The Balaban J connectivity index is 1.60. The molecule has 1 aliphatic carbocycles. The topological polar surface area (TPSA) is 12.0 Å². The lowest BCUT2D eigenvalue weighted by Crippen LogP contribution is -2.22. The van der Waals surface area contributed by atoms with Gasteiger partial charge in [-0.3, -0.25) is 0 Å². The lowest BCUT2D eigenvalue weighted by Gasteiger charge is -2.14. The van der Waals surface area contributed by atoms with Gasteiger partial charge in [0.15, 0.2) is 0 Å². The van der Waals surface area contributed by atoms with Crippen molar-refractivity contribution in [3.05, 3.63) is 70.2 Å². The third-order valence-electron chi connectivity index (χ3n) is 3.85. The zero-order chi connectivity index (χ0) is 13.2. The Morgan fingerprint density at radius 3 is 2.42 bits per heavy atom. The van der Waals surface area contributed by atoms with Crippen molar-refractivity contribution in [1.82, 2.24) is 5.32 Å². The molecule has 2 heteroatoms. The third kappa shape index (κ3) is 3.07. The Morgan fingerprint density at radius 2 is 1.74 bits per heavy atom. The fraction of sp³-hybridized carbons (Fsp3) is 0.294. The zero-order valence-electron chi connectivity index (χ0n) is 11.0. The van der Waals surface area contributed by atoms with E-state index in [-0.39, 0.29) is 0 Å². The van der Waals surface area contributed by atoms with Crippen LogP contribution >= 0.6 is 15.9 Å². The molecule has 0 radical (unpaired) electrons. The predicted molar refractivity (Wildman–Crippen MR) is 83.3 cm³/mol. The van der Waals surface area contributed by atoms with E-state index in [1.165, 1.54) is 17.5 Å². The highest BCUT2D eigenvalue weighted by atomic mass is 79.9. The van der Waals surface area contributed by atoms with E-state index in [9.17, 15) is 0 Å². The van der Waals surface area contributed by atoms with Crippen molar-refractivity contribution < 1.29 is 0 Å². The molecule has 19 heavy (non-hydrogen) atoms. The van der Waals surface area contributed by atoms with Crippen molar-refractivity contribution in [2.24, 2.45) is 0 Å². The van der Waals surface area contributed by atoms with E-state index < -0.39 is 0 Å². The first-order valence-electron chi connectivity index (χ1n) is 6.80. The molecule has 2 aromatic rings. The molecule has 3 unspecified atom stereocenters. The van der Waals surface area contributed by atoms with Gasteiger partial charge in [-0.25, -0.2) is 0 Å². The summed E-state index contributed by atoms with van der Waals surface area (Å²) in [6.45, 7) is 2.24. The molecule has 0 amide bonds. The molecular formula is C17H18BrN. The van der Waals surface area contributed by atoms with Crippen LogP contribution < -0.4 is 5.32 Å². The highest BCUT2D eigenvalue weighted by Crippen LogP contribution is 2.41. The average molecular weight is 316 g/mol. The summed E-state index contributed by atoms with van der Waals surface area (Å²) in [5.41, 5.74) is 2.81. The quantitative estimate of drug-likeness (QED) is 0.865. The molecule has 98 valence electrons. The van der Waals surface area contributed by atoms with Crippen LogP contribution in [0.4, 0.5) is 0 Å². The van der Waals surface area contributed by atoms with Gasteiger partial charge in [-0.2, -0.15) is 0 Å². The summed E-state index contributed by atoms with van der Waals surface area (Å²) in [4.78, 5) is 0. The second-order valence-corrected chi connectivity index (χ2v) is 6.21. The van der Waals surface area contributed by atoms with Crippen LogP contribution in [0.3, 0.4) is 0 Å². The molecule has 2 aromatic carbocycles. The van der Waals surface area contributed by atoms with Crippen LogP contribution in [0.5, 0.6) is 0 Å². The first kappa shape index (κ1) is 12.9. The molecular weight excluding hydrogens is 298 g/mol. The highest BCUT2D eigenvalue weighted by Gasteiger charge is 2.38. The van der Waals surface area contributed by atoms with Crippen LogP contribution in [0.15, 0.2) is 59.1 Å². The summed E-state index contributed by atoms with van der Waals surface area (Å²) in [6, 6.07) is 20.4. The largest absolute Gasteiger partial charge is 0.307 e. The van der Waals surface area contributed by atoms with Gasteiger partial charge in [0.25, 0.3) is 0 Å². The summed E-state index contributed by atoms with van der Waals surface area (Å²) in [7, 11) is 0.